The Bertz CT molecular complexity index is 849. The molecule has 1 aromatic carbocycles. The van der Waals surface area contributed by atoms with E-state index in [2.05, 4.69) is 5.32 Å². The van der Waals surface area contributed by atoms with Crippen LogP contribution in [0.2, 0.25) is 0 Å². The molecule has 0 saturated carbocycles. The predicted octanol–water partition coefficient (Wildman–Crippen LogP) is 2.17. The number of carbonyl (C=O) groups is 2. The molecule has 2 amide bonds. The van der Waals surface area contributed by atoms with Crippen LogP contribution in [-0.2, 0) is 19.6 Å². The zero-order chi connectivity index (χ0) is 21.3. The van der Waals surface area contributed by atoms with Crippen LogP contribution in [0, 0.1) is 0 Å². The lowest BCUT2D eigenvalue weighted by atomic mass is 10.1. The Morgan fingerprint density at radius 1 is 1.14 bits per heavy atom. The smallest absolute Gasteiger partial charge is 0.350 e. The largest absolute Gasteiger partial charge is 0.471 e. The van der Waals surface area contributed by atoms with Gasteiger partial charge in [-0.3, -0.25) is 9.59 Å². The van der Waals surface area contributed by atoms with Gasteiger partial charge in [-0.05, 0) is 45.0 Å². The second-order valence-electron chi connectivity index (χ2n) is 7.12. The Kier molecular flexibility index (Phi) is 6.36. The first-order chi connectivity index (χ1) is 12.7. The summed E-state index contributed by atoms with van der Waals surface area (Å²) in [5, 5.41) is 4.39. The molecule has 1 fully saturated rings. The summed E-state index contributed by atoms with van der Waals surface area (Å²) in [6, 6.07) is 3.40. The number of hydrogen-bond donors (Lipinski definition) is 2. The normalized spacial score (nSPS) is 18.7. The van der Waals surface area contributed by atoms with Gasteiger partial charge in [-0.25, -0.2) is 8.42 Å². The minimum atomic E-state index is -5.05. The number of halogens is 3. The number of nitrogens with one attached hydrogen (secondary N) is 2. The summed E-state index contributed by atoms with van der Waals surface area (Å²) in [5.41, 5.74) is -0.725. The summed E-state index contributed by atoms with van der Waals surface area (Å²) in [7, 11) is -4.05. The van der Waals surface area contributed by atoms with Crippen LogP contribution in [0.25, 0.3) is 0 Å². The molecule has 1 saturated heterocycles. The van der Waals surface area contributed by atoms with Crippen LogP contribution in [0.15, 0.2) is 29.2 Å². The molecule has 7 nitrogen and oxygen atoms in total. The quantitative estimate of drug-likeness (QED) is 0.750. The molecule has 1 aromatic rings. The summed E-state index contributed by atoms with van der Waals surface area (Å²) in [4.78, 5) is 23.2. The van der Waals surface area contributed by atoms with Gasteiger partial charge in [0.25, 0.3) is 0 Å². The zero-order valence-corrected chi connectivity index (χ0v) is 17.0. The van der Waals surface area contributed by atoms with Crippen molar-refractivity contribution in [2.75, 3.05) is 16.9 Å². The van der Waals surface area contributed by atoms with Gasteiger partial charge in [0.05, 0.1) is 10.8 Å². The summed E-state index contributed by atoms with van der Waals surface area (Å²) in [6.07, 6.45) is -5.05. The number of benzene rings is 1. The minimum Gasteiger partial charge on any atom is -0.350 e. The van der Waals surface area contributed by atoms with E-state index in [4.69, 9.17) is 0 Å². The molecule has 2 rings (SSSR count). The van der Waals surface area contributed by atoms with Gasteiger partial charge in [0.15, 0.2) is 0 Å². The first-order valence-corrected chi connectivity index (χ1v) is 10.7. The highest BCUT2D eigenvalue weighted by Crippen LogP contribution is 2.29. The number of thioether (sulfide) groups is 1. The van der Waals surface area contributed by atoms with Crippen molar-refractivity contribution >= 4 is 39.3 Å². The molecule has 2 N–H and O–H groups in total. The van der Waals surface area contributed by atoms with Crippen LogP contribution in [-0.4, -0.2) is 53.9 Å². The van der Waals surface area contributed by atoms with Crippen LogP contribution in [0.3, 0.4) is 0 Å². The molecule has 0 bridgehead atoms. The maximum Gasteiger partial charge on any atom is 0.471 e. The first-order valence-electron chi connectivity index (χ1n) is 8.12. The van der Waals surface area contributed by atoms with E-state index in [1.165, 1.54) is 11.8 Å². The molecule has 0 aromatic heterocycles. The zero-order valence-electron chi connectivity index (χ0n) is 15.3. The highest BCUT2D eigenvalue weighted by Gasteiger charge is 2.41. The van der Waals surface area contributed by atoms with Crippen LogP contribution in [0.5, 0.6) is 0 Å². The van der Waals surface area contributed by atoms with Crippen molar-refractivity contribution in [2.45, 2.75) is 43.4 Å². The van der Waals surface area contributed by atoms with E-state index in [0.717, 1.165) is 28.6 Å². The maximum absolute atomic E-state index is 12.9. The molecule has 1 heterocycles. The number of nitrogens with zero attached hydrogens (tertiary/aromatic N) is 1. The second-order valence-corrected chi connectivity index (χ2v) is 10.0. The van der Waals surface area contributed by atoms with Crippen LogP contribution >= 0.6 is 11.8 Å². The topological polar surface area (TPSA) is 95.6 Å². The van der Waals surface area contributed by atoms with Gasteiger partial charge < -0.3 is 10.6 Å². The van der Waals surface area contributed by atoms with Gasteiger partial charge >= 0.3 is 12.1 Å². The molecular weight excluding hydrogens is 419 g/mol. The molecular formula is C16H20F3N3O4S2. The molecule has 28 heavy (non-hydrogen) atoms. The fourth-order valence-electron chi connectivity index (χ4n) is 2.37. The van der Waals surface area contributed by atoms with Crippen molar-refractivity contribution in [3.8, 4) is 0 Å². The fourth-order valence-corrected chi connectivity index (χ4v) is 5.52. The van der Waals surface area contributed by atoms with E-state index in [0.29, 0.717) is 5.75 Å². The molecule has 1 aliphatic rings. The summed E-state index contributed by atoms with van der Waals surface area (Å²) in [6.45, 7) is 5.33. The Balaban J connectivity index is 2.19. The highest BCUT2D eigenvalue weighted by molar-refractivity contribution is 8.00. The molecule has 1 atom stereocenters. The first kappa shape index (κ1) is 22.5. The maximum atomic E-state index is 12.9. The van der Waals surface area contributed by atoms with Crippen molar-refractivity contribution in [1.82, 2.24) is 9.62 Å². The van der Waals surface area contributed by atoms with Gasteiger partial charge in [-0.1, -0.05) is 0 Å². The summed E-state index contributed by atoms with van der Waals surface area (Å²) < 4.78 is 63.7. The molecule has 12 heteroatoms. The van der Waals surface area contributed by atoms with Crippen molar-refractivity contribution in [1.29, 1.82) is 0 Å². The van der Waals surface area contributed by atoms with Gasteiger partial charge in [0.1, 0.15) is 6.04 Å². The van der Waals surface area contributed by atoms with Gasteiger partial charge in [-0.15, -0.1) is 11.8 Å². The molecule has 0 radical (unpaired) electrons. The number of rotatable bonds is 4. The predicted molar refractivity (Wildman–Crippen MR) is 99.2 cm³/mol. The lowest BCUT2D eigenvalue weighted by molar-refractivity contribution is -0.167. The third kappa shape index (κ3) is 5.39. The molecule has 0 spiro atoms. The molecule has 1 aliphatic heterocycles. The van der Waals surface area contributed by atoms with Gasteiger partial charge in [0, 0.05) is 17.0 Å². The van der Waals surface area contributed by atoms with Crippen molar-refractivity contribution in [3.63, 3.8) is 0 Å². The SMILES string of the molecule is CC(C)(C)NC(=O)C1CSCN1S(=O)(=O)c1ccc(NC(=O)C(F)(F)F)cc1. The number of amides is 2. The fraction of sp³-hybridized carbons (Fsp3) is 0.500. The van der Waals surface area contributed by atoms with Crippen LogP contribution in [0.4, 0.5) is 18.9 Å². The second kappa shape index (κ2) is 7.91. The van der Waals surface area contributed by atoms with E-state index in [1.807, 2.05) is 0 Å². The van der Waals surface area contributed by atoms with Crippen molar-refractivity contribution in [3.05, 3.63) is 24.3 Å². The highest BCUT2D eigenvalue weighted by atomic mass is 32.2. The van der Waals surface area contributed by atoms with Crippen molar-refractivity contribution in [2.24, 2.45) is 0 Å². The molecule has 156 valence electrons. The van der Waals surface area contributed by atoms with E-state index in [1.54, 1.807) is 26.1 Å². The Morgan fingerprint density at radius 2 is 1.71 bits per heavy atom. The number of anilines is 1. The van der Waals surface area contributed by atoms with Gasteiger partial charge in [0.2, 0.25) is 15.9 Å². The monoisotopic (exact) mass is 439 g/mol. The lowest BCUT2D eigenvalue weighted by Gasteiger charge is -2.27. The average Bonchev–Trinajstić information content (AvgIpc) is 3.03. The van der Waals surface area contributed by atoms with E-state index in [-0.39, 0.29) is 16.5 Å². The Hall–Kier alpha value is -1.79. The standard InChI is InChI=1S/C16H20F3N3O4S2/c1-15(2,3)21-13(23)12-8-27-9-22(12)28(25,26)11-6-4-10(5-7-11)20-14(24)16(17,18)19/h4-7,12H,8-9H2,1-3H3,(H,20,24)(H,21,23). The van der Waals surface area contributed by atoms with Crippen molar-refractivity contribution < 1.29 is 31.2 Å². The number of alkyl halides is 3. The lowest BCUT2D eigenvalue weighted by Crippen LogP contribution is -2.52. The van der Waals surface area contributed by atoms with Crippen LogP contribution < -0.4 is 10.6 Å². The Labute approximate surface area is 165 Å². The molecule has 0 aliphatic carbocycles. The average molecular weight is 439 g/mol. The van der Waals surface area contributed by atoms with E-state index >= 15 is 0 Å². The number of carbonyl (C=O) groups excluding carboxylic acids is 2. The Morgan fingerprint density at radius 3 is 2.21 bits per heavy atom. The van der Waals surface area contributed by atoms with Crippen LogP contribution in [0.1, 0.15) is 20.8 Å². The summed E-state index contributed by atoms with van der Waals surface area (Å²) >= 11 is 1.28. The third-order valence-electron chi connectivity index (χ3n) is 3.62. The van der Waals surface area contributed by atoms with E-state index in [9.17, 15) is 31.2 Å². The summed E-state index contributed by atoms with van der Waals surface area (Å²) in [5.74, 6) is -2.20. The third-order valence-corrected chi connectivity index (χ3v) is 6.66. The van der Waals surface area contributed by atoms with E-state index < -0.39 is 39.6 Å². The number of hydrogen-bond acceptors (Lipinski definition) is 5. The van der Waals surface area contributed by atoms with Gasteiger partial charge in [-0.2, -0.15) is 17.5 Å². The molecule has 1 unspecified atom stereocenters. The number of sulfonamides is 1. The minimum absolute atomic E-state index is 0.0805.